The molecule has 68 heavy (non-hydrogen) atoms. The fourth-order valence-corrected chi connectivity index (χ4v) is 5.76. The van der Waals surface area contributed by atoms with Gasteiger partial charge in [-0.1, -0.05) is 89.3 Å². The first-order valence-corrected chi connectivity index (χ1v) is 22.2. The van der Waals surface area contributed by atoms with Gasteiger partial charge in [0.1, 0.15) is 11.6 Å². The number of benzene rings is 1. The molecule has 23 heteroatoms. The fraction of sp³-hybridized carbons (Fsp3) is 0.356. The second-order valence-corrected chi connectivity index (χ2v) is 19.1. The van der Waals surface area contributed by atoms with Crippen LogP contribution in [0.15, 0.2) is 97.3 Å². The van der Waals surface area contributed by atoms with Gasteiger partial charge < -0.3 is 31.1 Å². The van der Waals surface area contributed by atoms with Gasteiger partial charge in [-0.15, -0.1) is 0 Å². The van der Waals surface area contributed by atoms with E-state index in [1.807, 2.05) is 121 Å². The van der Waals surface area contributed by atoms with Crippen LogP contribution in [0.2, 0.25) is 0 Å². The van der Waals surface area contributed by atoms with E-state index in [1.165, 1.54) is 0 Å². The first-order valence-electron chi connectivity index (χ1n) is 20.1. The van der Waals surface area contributed by atoms with Gasteiger partial charge in [-0.05, 0) is 73.5 Å². The molecular formula is C45H55F6N8O6PZn2. The van der Waals surface area contributed by atoms with Gasteiger partial charge in [0.05, 0.1) is 22.8 Å². The van der Waals surface area contributed by atoms with Crippen molar-refractivity contribution >= 4 is 37.2 Å². The topological polar surface area (TPSA) is 209 Å². The largest absolute Gasteiger partial charge is 2.00 e. The molecule has 5 aromatic rings. The molecule has 4 aromatic heterocycles. The fourth-order valence-electron chi connectivity index (χ4n) is 5.76. The molecule has 0 aliphatic heterocycles. The smallest absolute Gasteiger partial charge is 0.870 e. The molecule has 4 heterocycles. The summed E-state index contributed by atoms with van der Waals surface area (Å²) in [7, 11) is -10.7. The van der Waals surface area contributed by atoms with E-state index >= 15 is 0 Å². The normalized spacial score (nSPS) is 12.2. The number of aliphatic carboxylic acids is 1. The summed E-state index contributed by atoms with van der Waals surface area (Å²) in [5.74, 6) is -0.464. The van der Waals surface area contributed by atoms with Crippen LogP contribution in [0.3, 0.4) is 0 Å². The number of carbonyl (C=O) groups excluding carboxylic acids is 3. The van der Waals surface area contributed by atoms with Crippen LogP contribution in [0, 0.1) is 17.8 Å². The van der Waals surface area contributed by atoms with Crippen LogP contribution in [0.25, 0.3) is 0 Å². The Balaban J connectivity index is 0.00000287. The number of amides is 2. The molecule has 0 saturated carbocycles. The zero-order chi connectivity index (χ0) is 48.9. The van der Waals surface area contributed by atoms with Crippen molar-refractivity contribution in [1.82, 2.24) is 29.7 Å². The van der Waals surface area contributed by atoms with Crippen molar-refractivity contribution in [3.63, 3.8) is 0 Å². The first-order chi connectivity index (χ1) is 29.8. The van der Waals surface area contributed by atoms with Gasteiger partial charge in [-0.25, -0.2) is 9.97 Å². The zero-order valence-electron chi connectivity index (χ0n) is 39.3. The standard InChI is InChI=1S/C43H52N8O3.C2H4O2.F6P.H2O.2Zn/c1-30-22-31(24-50(26-33-14-8-10-20-44-33)27-34-15-9-11-21-45-34)39(52)32(23-30)25-51(28-35-16-12-18-37(46-35)48-40(53)42(2,3)4)29-36-17-13-19-38(47-36)49-41(54)43(5,6)7;1-2(3)4;1-7(2,3,4,5)6;;;/h8-23,52H,24-29H2,1-7H3,(H,46,48,53)(H,47,49,54);1H3,(H,3,4);;1H2;;/q;;-1;;2*+2/p-3. The van der Waals surface area contributed by atoms with Crippen LogP contribution in [0.5, 0.6) is 5.75 Å². The Kier molecular flexibility index (Phi) is 23.9. The molecule has 0 spiro atoms. The molecule has 362 valence electrons. The summed E-state index contributed by atoms with van der Waals surface area (Å²) in [6.45, 7) is 16.7. The number of carboxylic acids is 1. The number of halogens is 6. The summed E-state index contributed by atoms with van der Waals surface area (Å²) < 4.78 is 59.2. The number of aryl methyl sites for hydroxylation is 1. The maximum atomic E-state index is 14.3. The van der Waals surface area contributed by atoms with Crippen molar-refractivity contribution < 1.29 is 94.2 Å². The molecule has 0 aliphatic carbocycles. The molecular weight excluding hydrogens is 1020 g/mol. The molecule has 0 bridgehead atoms. The zero-order valence-corrected chi connectivity index (χ0v) is 46.1. The molecule has 0 unspecified atom stereocenters. The summed E-state index contributed by atoms with van der Waals surface area (Å²) in [6.07, 6.45) is 3.55. The van der Waals surface area contributed by atoms with E-state index in [-0.39, 0.29) is 62.0 Å². The van der Waals surface area contributed by atoms with Crippen molar-refractivity contribution in [2.75, 3.05) is 10.6 Å². The van der Waals surface area contributed by atoms with Crippen molar-refractivity contribution in [3.05, 3.63) is 137 Å². The third-order valence-electron chi connectivity index (χ3n) is 8.63. The van der Waals surface area contributed by atoms with E-state index in [9.17, 15) is 39.9 Å². The molecule has 14 nitrogen and oxygen atoms in total. The Bertz CT molecular complexity index is 2270. The van der Waals surface area contributed by atoms with Gasteiger partial charge in [0.2, 0.25) is 11.8 Å². The maximum Gasteiger partial charge on any atom is 2.00 e. The van der Waals surface area contributed by atoms with Gasteiger partial charge in [0.15, 0.2) is 0 Å². The van der Waals surface area contributed by atoms with E-state index in [2.05, 4.69) is 30.4 Å². The molecule has 0 saturated heterocycles. The van der Waals surface area contributed by atoms with Crippen molar-refractivity contribution in [2.45, 2.75) is 94.7 Å². The van der Waals surface area contributed by atoms with E-state index in [0.29, 0.717) is 62.0 Å². The molecule has 0 aliphatic rings. The monoisotopic (exact) mass is 1080 g/mol. The number of carbonyl (C=O) groups is 3. The van der Waals surface area contributed by atoms with Crippen LogP contribution in [0.1, 0.15) is 87.9 Å². The Morgan fingerprint density at radius 3 is 1.19 bits per heavy atom. The van der Waals surface area contributed by atoms with E-state index in [4.69, 9.17) is 19.9 Å². The second-order valence-electron chi connectivity index (χ2n) is 17.2. The molecule has 0 fully saturated rings. The minimum Gasteiger partial charge on any atom is -0.870 e. The number of pyridine rings is 4. The molecule has 0 atom stereocenters. The Morgan fingerprint density at radius 2 is 0.897 bits per heavy atom. The van der Waals surface area contributed by atoms with E-state index < -0.39 is 24.6 Å². The van der Waals surface area contributed by atoms with Gasteiger partial charge in [0.25, 0.3) is 0 Å². The molecule has 1 aromatic carbocycles. The Hall–Kier alpha value is -4.83. The first kappa shape index (κ1) is 63.2. The van der Waals surface area contributed by atoms with E-state index in [0.717, 1.165) is 35.3 Å². The predicted octanol–water partition coefficient (Wildman–Crippen LogP) is 8.98. The van der Waals surface area contributed by atoms with Gasteiger partial charge in [-0.3, -0.25) is 29.4 Å². The van der Waals surface area contributed by atoms with Gasteiger partial charge in [-0.2, -0.15) is 0 Å². The summed E-state index contributed by atoms with van der Waals surface area (Å²) >= 11 is 0. The molecule has 5 rings (SSSR count). The molecule has 0 radical (unpaired) electrons. The Morgan fingerprint density at radius 1 is 0.588 bits per heavy atom. The van der Waals surface area contributed by atoms with Crippen molar-refractivity contribution in [3.8, 4) is 5.75 Å². The van der Waals surface area contributed by atoms with Crippen LogP contribution in [0.4, 0.5) is 36.8 Å². The van der Waals surface area contributed by atoms with Crippen LogP contribution < -0.4 is 20.8 Å². The van der Waals surface area contributed by atoms with E-state index in [1.54, 1.807) is 24.5 Å². The number of anilines is 2. The SMILES string of the molecule is CC(=O)[O-].Cc1cc(CN(Cc2ccccn2)Cc2ccccn2)c([O-])c(CN(Cc2cccc(NC(=O)C(C)(C)C)n2)Cc2cccc(NC(=O)C(C)(C)C)n2)c1.F[P-](F)(F)(F)(F)F.[OH-].[Zn+2].[Zn+2]. The van der Waals surface area contributed by atoms with Crippen molar-refractivity contribution in [2.24, 2.45) is 10.8 Å². The second kappa shape index (κ2) is 25.7. The number of nitrogens with one attached hydrogen (secondary N) is 2. The van der Waals surface area contributed by atoms with Gasteiger partial charge >= 0.3 is 71.9 Å². The summed E-state index contributed by atoms with van der Waals surface area (Å²) in [6, 6.07) is 26.7. The van der Waals surface area contributed by atoms with Gasteiger partial charge in [0, 0.05) is 68.5 Å². The summed E-state index contributed by atoms with van der Waals surface area (Å²) in [5.41, 5.74) is 4.39. The van der Waals surface area contributed by atoms with Crippen LogP contribution in [-0.4, -0.2) is 53.0 Å². The van der Waals surface area contributed by atoms with Crippen LogP contribution >= 0.6 is 7.81 Å². The number of aromatic nitrogens is 4. The van der Waals surface area contributed by atoms with Crippen LogP contribution in [-0.2, 0) is 92.6 Å². The predicted molar refractivity (Wildman–Crippen MR) is 236 cm³/mol. The average molecular weight is 1080 g/mol. The third kappa shape index (κ3) is 26.6. The quantitative estimate of drug-likeness (QED) is 0.0607. The summed E-state index contributed by atoms with van der Waals surface area (Å²) in [4.78, 5) is 57.3. The number of hydrogen-bond acceptors (Lipinski definition) is 12. The molecule has 2 amide bonds. The number of hydrogen-bond donors (Lipinski definition) is 2. The Labute approximate surface area is 417 Å². The number of rotatable bonds is 14. The maximum absolute atomic E-state index is 14.3. The molecule has 3 N–H and O–H groups in total. The minimum absolute atomic E-state index is 0. The van der Waals surface area contributed by atoms with Crippen molar-refractivity contribution in [1.29, 1.82) is 0 Å². The number of carboxylic acid groups (broad SMARTS) is 1. The average Bonchev–Trinajstić information content (AvgIpc) is 3.15. The third-order valence-corrected chi connectivity index (χ3v) is 8.63. The summed E-state index contributed by atoms with van der Waals surface area (Å²) in [5, 5.41) is 29.1. The number of nitrogens with zero attached hydrogens (tertiary/aromatic N) is 6. The minimum atomic E-state index is -10.7.